The van der Waals surface area contributed by atoms with Gasteiger partial charge in [-0.05, 0) is 43.4 Å². The SMILES string of the molecule is N#CC(Cc1cccc(Cl)c1)C(=O)N1CCCCC1. The second kappa shape index (κ2) is 6.58. The highest BCUT2D eigenvalue weighted by molar-refractivity contribution is 6.30. The highest BCUT2D eigenvalue weighted by Crippen LogP contribution is 2.18. The maximum Gasteiger partial charge on any atom is 0.240 e. The van der Waals surface area contributed by atoms with Gasteiger partial charge < -0.3 is 4.90 Å². The van der Waals surface area contributed by atoms with Crippen LogP contribution in [0.3, 0.4) is 0 Å². The minimum atomic E-state index is -0.600. The number of hydrogen-bond donors (Lipinski definition) is 0. The molecule has 1 aromatic rings. The summed E-state index contributed by atoms with van der Waals surface area (Å²) in [6.45, 7) is 1.57. The lowest BCUT2D eigenvalue weighted by Gasteiger charge is -2.28. The van der Waals surface area contributed by atoms with Gasteiger partial charge in [0.2, 0.25) is 5.91 Å². The molecule has 1 saturated heterocycles. The maximum absolute atomic E-state index is 12.3. The van der Waals surface area contributed by atoms with Crippen LogP contribution in [-0.2, 0) is 11.2 Å². The van der Waals surface area contributed by atoms with Crippen LogP contribution in [0, 0.1) is 17.2 Å². The van der Waals surface area contributed by atoms with Crippen molar-refractivity contribution >= 4 is 17.5 Å². The normalized spacial score (nSPS) is 16.7. The number of nitrogens with zero attached hydrogens (tertiary/aromatic N) is 2. The molecule has 100 valence electrons. The highest BCUT2D eigenvalue weighted by Gasteiger charge is 2.25. The fourth-order valence-corrected chi connectivity index (χ4v) is 2.64. The lowest BCUT2D eigenvalue weighted by Crippen LogP contribution is -2.39. The molecule has 19 heavy (non-hydrogen) atoms. The molecule has 1 aliphatic heterocycles. The van der Waals surface area contributed by atoms with Crippen LogP contribution in [0.25, 0.3) is 0 Å². The van der Waals surface area contributed by atoms with Crippen LogP contribution in [0.1, 0.15) is 24.8 Å². The van der Waals surface area contributed by atoms with E-state index in [-0.39, 0.29) is 5.91 Å². The summed E-state index contributed by atoms with van der Waals surface area (Å²) < 4.78 is 0. The summed E-state index contributed by atoms with van der Waals surface area (Å²) in [7, 11) is 0. The van der Waals surface area contributed by atoms with Crippen molar-refractivity contribution in [2.45, 2.75) is 25.7 Å². The molecule has 0 saturated carbocycles. The van der Waals surface area contributed by atoms with E-state index in [4.69, 9.17) is 11.6 Å². The molecule has 0 aromatic heterocycles. The van der Waals surface area contributed by atoms with E-state index in [0.29, 0.717) is 11.4 Å². The standard InChI is InChI=1S/C15H17ClN2O/c16-14-6-4-5-12(10-14)9-13(11-17)15(19)18-7-2-1-3-8-18/h4-6,10,13H,1-3,7-9H2. The van der Waals surface area contributed by atoms with E-state index in [0.717, 1.165) is 31.5 Å². The Bertz CT molecular complexity index is 489. The number of carbonyl (C=O) groups is 1. The molecule has 0 spiro atoms. The van der Waals surface area contributed by atoms with Crippen LogP contribution >= 0.6 is 11.6 Å². The topological polar surface area (TPSA) is 44.1 Å². The Kier molecular flexibility index (Phi) is 4.81. The van der Waals surface area contributed by atoms with Gasteiger partial charge in [-0.3, -0.25) is 4.79 Å². The number of carbonyl (C=O) groups excluding carboxylic acids is 1. The Balaban J connectivity index is 2.03. The minimum Gasteiger partial charge on any atom is -0.342 e. The average Bonchev–Trinajstić information content (AvgIpc) is 2.45. The first-order valence-electron chi connectivity index (χ1n) is 6.63. The van der Waals surface area contributed by atoms with Crippen LogP contribution < -0.4 is 0 Å². The van der Waals surface area contributed by atoms with Crippen LogP contribution in [0.2, 0.25) is 5.02 Å². The van der Waals surface area contributed by atoms with Crippen LogP contribution in [0.4, 0.5) is 0 Å². The van der Waals surface area contributed by atoms with Gasteiger partial charge in [0.15, 0.2) is 0 Å². The predicted molar refractivity (Wildman–Crippen MR) is 74.7 cm³/mol. The molecule has 1 heterocycles. The van der Waals surface area contributed by atoms with Crippen molar-refractivity contribution in [1.82, 2.24) is 4.90 Å². The van der Waals surface area contributed by atoms with Gasteiger partial charge in [0, 0.05) is 18.1 Å². The molecule has 0 N–H and O–H groups in total. The third-order valence-corrected chi connectivity index (χ3v) is 3.69. The van der Waals surface area contributed by atoms with Gasteiger partial charge in [-0.2, -0.15) is 5.26 Å². The van der Waals surface area contributed by atoms with Crippen molar-refractivity contribution < 1.29 is 4.79 Å². The zero-order valence-corrected chi connectivity index (χ0v) is 11.6. The first-order chi connectivity index (χ1) is 9.20. The Morgan fingerprint density at radius 3 is 2.74 bits per heavy atom. The molecule has 0 radical (unpaired) electrons. The van der Waals surface area contributed by atoms with Crippen molar-refractivity contribution in [3.05, 3.63) is 34.9 Å². The summed E-state index contributed by atoms with van der Waals surface area (Å²) in [6, 6.07) is 9.49. The van der Waals surface area contributed by atoms with Crippen molar-refractivity contribution in [3.8, 4) is 6.07 Å². The molecular weight excluding hydrogens is 260 g/mol. The summed E-state index contributed by atoms with van der Waals surface area (Å²) in [5.74, 6) is -0.640. The largest absolute Gasteiger partial charge is 0.342 e. The number of hydrogen-bond acceptors (Lipinski definition) is 2. The quantitative estimate of drug-likeness (QED) is 0.852. The van der Waals surface area contributed by atoms with Gasteiger partial charge in [0.1, 0.15) is 5.92 Å². The van der Waals surface area contributed by atoms with E-state index in [1.165, 1.54) is 6.42 Å². The molecule has 1 aromatic carbocycles. The lowest BCUT2D eigenvalue weighted by atomic mass is 9.98. The Morgan fingerprint density at radius 1 is 1.37 bits per heavy atom. The molecule has 1 unspecified atom stereocenters. The van der Waals surface area contributed by atoms with Crippen molar-refractivity contribution in [1.29, 1.82) is 5.26 Å². The smallest absolute Gasteiger partial charge is 0.240 e. The number of benzene rings is 1. The number of piperidine rings is 1. The van der Waals surface area contributed by atoms with Gasteiger partial charge in [0.05, 0.1) is 6.07 Å². The average molecular weight is 277 g/mol. The number of rotatable bonds is 3. The van der Waals surface area contributed by atoms with E-state index in [1.807, 2.05) is 23.1 Å². The molecule has 2 rings (SSSR count). The highest BCUT2D eigenvalue weighted by atomic mass is 35.5. The number of nitriles is 1. The fraction of sp³-hybridized carbons (Fsp3) is 0.467. The first-order valence-corrected chi connectivity index (χ1v) is 7.01. The zero-order chi connectivity index (χ0) is 13.7. The summed E-state index contributed by atoms with van der Waals surface area (Å²) in [5, 5.41) is 9.87. The van der Waals surface area contributed by atoms with Crippen LogP contribution in [0.15, 0.2) is 24.3 Å². The van der Waals surface area contributed by atoms with Gasteiger partial charge >= 0.3 is 0 Å². The molecule has 1 fully saturated rings. The van der Waals surface area contributed by atoms with Crippen molar-refractivity contribution in [2.24, 2.45) is 5.92 Å². The third kappa shape index (κ3) is 3.71. The summed E-state index contributed by atoms with van der Waals surface area (Å²) in [5.41, 5.74) is 0.935. The molecule has 0 bridgehead atoms. The van der Waals surface area contributed by atoms with Gasteiger partial charge in [-0.15, -0.1) is 0 Å². The Hall–Kier alpha value is -1.53. The zero-order valence-electron chi connectivity index (χ0n) is 10.8. The lowest BCUT2D eigenvalue weighted by molar-refractivity contribution is -0.134. The predicted octanol–water partition coefficient (Wildman–Crippen LogP) is 3.03. The number of likely N-dealkylation sites (tertiary alicyclic amines) is 1. The van der Waals surface area contributed by atoms with Crippen LogP contribution in [0.5, 0.6) is 0 Å². The molecule has 4 heteroatoms. The monoisotopic (exact) mass is 276 g/mol. The molecule has 0 aliphatic carbocycles. The van der Waals surface area contributed by atoms with E-state index in [1.54, 1.807) is 6.07 Å². The Morgan fingerprint density at radius 2 is 2.11 bits per heavy atom. The molecular formula is C15H17ClN2O. The number of halogens is 1. The summed E-state index contributed by atoms with van der Waals surface area (Å²) >= 11 is 5.92. The molecule has 1 amide bonds. The Labute approximate surface area is 118 Å². The summed E-state index contributed by atoms with van der Waals surface area (Å²) in [6.07, 6.45) is 3.70. The van der Waals surface area contributed by atoms with E-state index >= 15 is 0 Å². The molecule has 1 aliphatic rings. The fourth-order valence-electron chi connectivity index (χ4n) is 2.42. The number of amides is 1. The van der Waals surface area contributed by atoms with Crippen molar-refractivity contribution in [3.63, 3.8) is 0 Å². The second-order valence-corrected chi connectivity index (χ2v) is 5.34. The van der Waals surface area contributed by atoms with Gasteiger partial charge in [-0.25, -0.2) is 0 Å². The van der Waals surface area contributed by atoms with Gasteiger partial charge in [-0.1, -0.05) is 23.7 Å². The van der Waals surface area contributed by atoms with E-state index in [9.17, 15) is 10.1 Å². The maximum atomic E-state index is 12.3. The van der Waals surface area contributed by atoms with Gasteiger partial charge in [0.25, 0.3) is 0 Å². The van der Waals surface area contributed by atoms with E-state index in [2.05, 4.69) is 6.07 Å². The van der Waals surface area contributed by atoms with E-state index < -0.39 is 5.92 Å². The molecule has 1 atom stereocenters. The second-order valence-electron chi connectivity index (χ2n) is 4.90. The minimum absolute atomic E-state index is 0.0397. The molecule has 3 nitrogen and oxygen atoms in total. The summed E-state index contributed by atoms with van der Waals surface area (Å²) in [4.78, 5) is 14.1. The third-order valence-electron chi connectivity index (χ3n) is 3.45. The first kappa shape index (κ1) is 13.9. The van der Waals surface area contributed by atoms with Crippen molar-refractivity contribution in [2.75, 3.05) is 13.1 Å². The van der Waals surface area contributed by atoms with Crippen LogP contribution in [-0.4, -0.2) is 23.9 Å².